The Labute approximate surface area is 104 Å². The molecule has 0 radical (unpaired) electrons. The van der Waals surface area contributed by atoms with E-state index in [4.69, 9.17) is 9.47 Å². The van der Waals surface area contributed by atoms with Crippen LogP contribution in [0.1, 0.15) is 52.9 Å². The van der Waals surface area contributed by atoms with E-state index in [0.717, 1.165) is 25.7 Å². The first-order chi connectivity index (χ1) is 8.11. The lowest BCUT2D eigenvalue weighted by molar-refractivity contribution is -0.154. The van der Waals surface area contributed by atoms with Gasteiger partial charge in [-0.3, -0.25) is 9.59 Å². The van der Waals surface area contributed by atoms with Gasteiger partial charge in [-0.2, -0.15) is 0 Å². The molecule has 0 aliphatic rings. The molecule has 0 saturated carbocycles. The summed E-state index contributed by atoms with van der Waals surface area (Å²) in [5.41, 5.74) is 0. The molecule has 0 rings (SSSR count). The molecule has 4 nitrogen and oxygen atoms in total. The van der Waals surface area contributed by atoms with Crippen LogP contribution in [-0.2, 0) is 19.1 Å². The molecule has 0 aromatic carbocycles. The van der Waals surface area contributed by atoms with E-state index >= 15 is 0 Å². The van der Waals surface area contributed by atoms with Crippen LogP contribution in [0.2, 0.25) is 0 Å². The number of hydrogen-bond donors (Lipinski definition) is 0. The fraction of sp³-hybridized carbons (Fsp3) is 0.846. The zero-order chi connectivity index (χ0) is 13.1. The normalized spacial score (nSPS) is 11.9. The Bertz CT molecular complexity index is 225. The van der Waals surface area contributed by atoms with Crippen LogP contribution in [0.25, 0.3) is 0 Å². The van der Waals surface area contributed by atoms with E-state index in [1.807, 2.05) is 13.8 Å². The maximum absolute atomic E-state index is 11.3. The lowest BCUT2D eigenvalue weighted by Crippen LogP contribution is -2.18. The van der Waals surface area contributed by atoms with Gasteiger partial charge in [-0.05, 0) is 12.8 Å². The molecule has 0 bridgehead atoms. The van der Waals surface area contributed by atoms with E-state index in [1.165, 1.54) is 0 Å². The van der Waals surface area contributed by atoms with E-state index in [1.54, 1.807) is 0 Å². The van der Waals surface area contributed by atoms with Gasteiger partial charge in [-0.15, -0.1) is 0 Å². The van der Waals surface area contributed by atoms with Gasteiger partial charge >= 0.3 is 11.9 Å². The number of esters is 2. The van der Waals surface area contributed by atoms with Crippen molar-refractivity contribution < 1.29 is 19.1 Å². The zero-order valence-electron chi connectivity index (χ0n) is 11.2. The van der Waals surface area contributed by atoms with Crippen molar-refractivity contribution in [1.29, 1.82) is 0 Å². The van der Waals surface area contributed by atoms with Gasteiger partial charge in [0.2, 0.25) is 0 Å². The van der Waals surface area contributed by atoms with E-state index in [2.05, 4.69) is 6.92 Å². The average molecular weight is 244 g/mol. The topological polar surface area (TPSA) is 52.6 Å². The Morgan fingerprint density at radius 1 is 1.06 bits per heavy atom. The van der Waals surface area contributed by atoms with Gasteiger partial charge in [0, 0.05) is 6.42 Å². The summed E-state index contributed by atoms with van der Waals surface area (Å²) in [6, 6.07) is 0. The highest BCUT2D eigenvalue weighted by atomic mass is 16.6. The van der Waals surface area contributed by atoms with Gasteiger partial charge in [0.25, 0.3) is 0 Å². The number of ether oxygens (including phenoxy) is 2. The SMILES string of the molecule is CCCCCC(=O)OCCOC(=O)C(C)CC. The van der Waals surface area contributed by atoms with Gasteiger partial charge in [-0.25, -0.2) is 0 Å². The Balaban J connectivity index is 3.44. The van der Waals surface area contributed by atoms with Gasteiger partial charge in [0.05, 0.1) is 5.92 Å². The lowest BCUT2D eigenvalue weighted by atomic mass is 10.1. The van der Waals surface area contributed by atoms with Crippen LogP contribution in [0.4, 0.5) is 0 Å². The number of hydrogen-bond acceptors (Lipinski definition) is 4. The Morgan fingerprint density at radius 3 is 2.29 bits per heavy atom. The second-order valence-corrected chi connectivity index (χ2v) is 4.15. The van der Waals surface area contributed by atoms with Crippen LogP contribution in [-0.4, -0.2) is 25.2 Å². The minimum absolute atomic E-state index is 0.0877. The van der Waals surface area contributed by atoms with Crippen molar-refractivity contribution in [3.63, 3.8) is 0 Å². The number of unbranched alkanes of at least 4 members (excludes halogenated alkanes) is 2. The molecule has 0 amide bonds. The maximum Gasteiger partial charge on any atom is 0.308 e. The van der Waals surface area contributed by atoms with Crippen molar-refractivity contribution in [2.75, 3.05) is 13.2 Å². The van der Waals surface area contributed by atoms with Crippen LogP contribution in [0.3, 0.4) is 0 Å². The van der Waals surface area contributed by atoms with E-state index in [9.17, 15) is 9.59 Å². The smallest absolute Gasteiger partial charge is 0.308 e. The molecule has 0 spiro atoms. The molecule has 0 heterocycles. The van der Waals surface area contributed by atoms with Crippen LogP contribution in [0.15, 0.2) is 0 Å². The summed E-state index contributed by atoms with van der Waals surface area (Å²) < 4.78 is 9.89. The van der Waals surface area contributed by atoms with Gasteiger partial charge < -0.3 is 9.47 Å². The predicted molar refractivity (Wildman–Crippen MR) is 65.5 cm³/mol. The standard InChI is InChI=1S/C13H24O4/c1-4-6-7-8-12(14)16-9-10-17-13(15)11(3)5-2/h11H,4-10H2,1-3H3. The second-order valence-electron chi connectivity index (χ2n) is 4.15. The number of carbonyl (C=O) groups is 2. The zero-order valence-corrected chi connectivity index (χ0v) is 11.2. The summed E-state index contributed by atoms with van der Waals surface area (Å²) in [4.78, 5) is 22.5. The van der Waals surface area contributed by atoms with Crippen LogP contribution >= 0.6 is 0 Å². The third-order valence-electron chi connectivity index (χ3n) is 2.59. The third kappa shape index (κ3) is 8.72. The molecule has 17 heavy (non-hydrogen) atoms. The fourth-order valence-corrected chi connectivity index (χ4v) is 1.20. The predicted octanol–water partition coefficient (Wildman–Crippen LogP) is 2.70. The van der Waals surface area contributed by atoms with Gasteiger partial charge in [0.1, 0.15) is 13.2 Å². The van der Waals surface area contributed by atoms with E-state index in [0.29, 0.717) is 6.42 Å². The monoisotopic (exact) mass is 244 g/mol. The lowest BCUT2D eigenvalue weighted by Gasteiger charge is -2.09. The molecule has 1 unspecified atom stereocenters. The van der Waals surface area contributed by atoms with Crippen LogP contribution < -0.4 is 0 Å². The Morgan fingerprint density at radius 2 is 1.71 bits per heavy atom. The number of rotatable bonds is 9. The molecular formula is C13H24O4. The highest BCUT2D eigenvalue weighted by Crippen LogP contribution is 2.03. The summed E-state index contributed by atoms with van der Waals surface area (Å²) in [7, 11) is 0. The molecule has 0 fully saturated rings. The summed E-state index contributed by atoms with van der Waals surface area (Å²) in [6.07, 6.45) is 4.20. The number of carbonyl (C=O) groups excluding carboxylic acids is 2. The Kier molecular flexibility index (Phi) is 9.49. The quantitative estimate of drug-likeness (QED) is 0.462. The summed E-state index contributed by atoms with van der Waals surface area (Å²) in [6.45, 7) is 6.15. The molecule has 4 heteroatoms. The largest absolute Gasteiger partial charge is 0.462 e. The minimum Gasteiger partial charge on any atom is -0.462 e. The third-order valence-corrected chi connectivity index (χ3v) is 2.59. The first-order valence-electron chi connectivity index (χ1n) is 6.44. The van der Waals surface area contributed by atoms with Gasteiger partial charge in [-0.1, -0.05) is 33.6 Å². The molecule has 100 valence electrons. The molecular weight excluding hydrogens is 220 g/mol. The first-order valence-corrected chi connectivity index (χ1v) is 6.44. The second kappa shape index (κ2) is 10.1. The molecule has 0 aromatic heterocycles. The van der Waals surface area contributed by atoms with Gasteiger partial charge in [0.15, 0.2) is 0 Å². The highest BCUT2D eigenvalue weighted by molar-refractivity contribution is 5.72. The first kappa shape index (κ1) is 15.9. The fourth-order valence-electron chi connectivity index (χ4n) is 1.20. The molecule has 0 aliphatic heterocycles. The molecule has 1 atom stereocenters. The minimum atomic E-state index is -0.227. The molecule has 0 aliphatic carbocycles. The van der Waals surface area contributed by atoms with E-state index < -0.39 is 0 Å². The maximum atomic E-state index is 11.3. The van der Waals surface area contributed by atoms with Crippen molar-refractivity contribution in [2.45, 2.75) is 52.9 Å². The summed E-state index contributed by atoms with van der Waals surface area (Å²) >= 11 is 0. The average Bonchev–Trinajstić information content (AvgIpc) is 2.33. The Hall–Kier alpha value is -1.06. The van der Waals surface area contributed by atoms with Crippen molar-refractivity contribution in [1.82, 2.24) is 0 Å². The van der Waals surface area contributed by atoms with Crippen molar-refractivity contribution in [2.24, 2.45) is 5.92 Å². The van der Waals surface area contributed by atoms with Crippen LogP contribution in [0, 0.1) is 5.92 Å². The molecule has 0 saturated heterocycles. The van der Waals surface area contributed by atoms with Crippen LogP contribution in [0.5, 0.6) is 0 Å². The molecule has 0 aromatic rings. The summed E-state index contributed by atoms with van der Waals surface area (Å²) in [5.74, 6) is -0.525. The summed E-state index contributed by atoms with van der Waals surface area (Å²) in [5, 5.41) is 0. The highest BCUT2D eigenvalue weighted by Gasteiger charge is 2.11. The molecule has 0 N–H and O–H groups in total. The van der Waals surface area contributed by atoms with Crippen molar-refractivity contribution >= 4 is 11.9 Å². The van der Waals surface area contributed by atoms with E-state index in [-0.39, 0.29) is 31.1 Å². The van der Waals surface area contributed by atoms with Crippen molar-refractivity contribution in [3.05, 3.63) is 0 Å². The van der Waals surface area contributed by atoms with Crippen molar-refractivity contribution in [3.8, 4) is 0 Å².